The first-order valence-electron chi connectivity index (χ1n) is 6.61. The first-order valence-corrected chi connectivity index (χ1v) is 7.43. The molecule has 0 saturated heterocycles. The van der Waals surface area contributed by atoms with E-state index in [0.717, 1.165) is 15.9 Å². The van der Waals surface area contributed by atoms with Gasteiger partial charge in [0.05, 0.1) is 10.2 Å². The number of hydrogen-bond donors (Lipinski definition) is 0. The van der Waals surface area contributed by atoms with Crippen LogP contribution in [0.2, 0.25) is 0 Å². The zero-order chi connectivity index (χ0) is 15.1. The summed E-state index contributed by atoms with van der Waals surface area (Å²) < 4.78 is 4.74. The van der Waals surface area contributed by atoms with Crippen molar-refractivity contribution in [1.29, 1.82) is 0 Å². The molecule has 3 rings (SSSR count). The van der Waals surface area contributed by atoms with Crippen LogP contribution in [0.5, 0.6) is 0 Å². The third kappa shape index (κ3) is 2.42. The van der Waals surface area contributed by atoms with Crippen molar-refractivity contribution >= 4 is 27.5 Å². The number of carbonyl (C=O) groups excluding carboxylic acids is 1. The lowest BCUT2D eigenvalue weighted by Gasteiger charge is -1.95. The number of rotatable bonds is 1. The Hall–Kier alpha value is -2.21. The van der Waals surface area contributed by atoms with E-state index in [9.17, 15) is 4.79 Å². The van der Waals surface area contributed by atoms with Gasteiger partial charge in [-0.15, -0.1) is 0 Å². The standard InChI is InChI=1S/C15H16N4OS/c1-9-5-6-12-13(7-9)21-15(18(12)3)16-14(20)11-8-10(2)19(4)17-11/h5-8H,1-4H3. The van der Waals surface area contributed by atoms with Crippen molar-refractivity contribution in [3.05, 3.63) is 46.0 Å². The SMILES string of the molecule is Cc1ccc2c(c1)sc(=NC(=O)c1cc(C)n(C)n1)n2C. The highest BCUT2D eigenvalue weighted by Crippen LogP contribution is 2.18. The highest BCUT2D eigenvalue weighted by molar-refractivity contribution is 7.16. The molecule has 1 aromatic carbocycles. The fraction of sp³-hybridized carbons (Fsp3) is 0.267. The molecule has 0 unspecified atom stereocenters. The number of fused-ring (bicyclic) bond motifs is 1. The van der Waals surface area contributed by atoms with Gasteiger partial charge in [0.15, 0.2) is 10.5 Å². The summed E-state index contributed by atoms with van der Waals surface area (Å²) in [7, 11) is 3.73. The Kier molecular flexibility index (Phi) is 3.25. The maximum absolute atomic E-state index is 12.2. The molecular formula is C15H16N4OS. The first-order chi connectivity index (χ1) is 9.95. The summed E-state index contributed by atoms with van der Waals surface area (Å²) in [5.74, 6) is -0.308. The van der Waals surface area contributed by atoms with Gasteiger partial charge in [0, 0.05) is 19.8 Å². The van der Waals surface area contributed by atoms with E-state index in [1.165, 1.54) is 16.9 Å². The summed E-state index contributed by atoms with van der Waals surface area (Å²) in [6.07, 6.45) is 0. The van der Waals surface area contributed by atoms with Crippen molar-refractivity contribution < 1.29 is 4.79 Å². The van der Waals surface area contributed by atoms with Gasteiger partial charge < -0.3 is 4.57 Å². The lowest BCUT2D eigenvalue weighted by molar-refractivity contribution is 0.0992. The highest BCUT2D eigenvalue weighted by Gasteiger charge is 2.11. The van der Waals surface area contributed by atoms with E-state index in [2.05, 4.69) is 35.2 Å². The minimum Gasteiger partial charge on any atom is -0.319 e. The molecule has 0 saturated carbocycles. The monoisotopic (exact) mass is 300 g/mol. The molecule has 0 atom stereocenters. The Bertz CT molecular complexity index is 894. The maximum Gasteiger partial charge on any atom is 0.300 e. The predicted octanol–water partition coefficient (Wildman–Crippen LogP) is 2.33. The fourth-order valence-corrected chi connectivity index (χ4v) is 3.27. The molecule has 0 N–H and O–H groups in total. The summed E-state index contributed by atoms with van der Waals surface area (Å²) in [6.45, 7) is 3.96. The molecule has 5 nitrogen and oxygen atoms in total. The zero-order valence-corrected chi connectivity index (χ0v) is 13.2. The number of amides is 1. The van der Waals surface area contributed by atoms with E-state index in [0.29, 0.717) is 10.5 Å². The van der Waals surface area contributed by atoms with Crippen LogP contribution in [0.25, 0.3) is 10.2 Å². The van der Waals surface area contributed by atoms with Gasteiger partial charge in [-0.2, -0.15) is 10.1 Å². The van der Waals surface area contributed by atoms with Crippen molar-refractivity contribution in [2.24, 2.45) is 19.1 Å². The van der Waals surface area contributed by atoms with Crippen LogP contribution in [-0.2, 0) is 14.1 Å². The number of benzene rings is 1. The van der Waals surface area contributed by atoms with Crippen molar-refractivity contribution in [2.75, 3.05) is 0 Å². The number of hydrogen-bond acceptors (Lipinski definition) is 3. The lowest BCUT2D eigenvalue weighted by Crippen LogP contribution is -2.13. The predicted molar refractivity (Wildman–Crippen MR) is 83.4 cm³/mol. The molecule has 0 aliphatic heterocycles. The van der Waals surface area contributed by atoms with E-state index >= 15 is 0 Å². The van der Waals surface area contributed by atoms with Crippen molar-refractivity contribution in [2.45, 2.75) is 13.8 Å². The second-order valence-electron chi connectivity index (χ2n) is 5.13. The molecule has 0 fully saturated rings. The molecule has 0 bridgehead atoms. The Morgan fingerprint density at radius 3 is 2.67 bits per heavy atom. The van der Waals surface area contributed by atoms with E-state index in [4.69, 9.17) is 0 Å². The normalized spacial score (nSPS) is 12.3. The van der Waals surface area contributed by atoms with Crippen molar-refractivity contribution in [3.63, 3.8) is 0 Å². The minimum absolute atomic E-state index is 0.308. The molecule has 1 amide bonds. The highest BCUT2D eigenvalue weighted by atomic mass is 32.1. The van der Waals surface area contributed by atoms with Crippen molar-refractivity contribution in [3.8, 4) is 0 Å². The maximum atomic E-state index is 12.2. The van der Waals surface area contributed by atoms with Crippen LogP contribution >= 0.6 is 11.3 Å². The quantitative estimate of drug-likeness (QED) is 0.692. The molecule has 0 radical (unpaired) electrons. The number of carbonyl (C=O) groups is 1. The van der Waals surface area contributed by atoms with Gasteiger partial charge in [-0.25, -0.2) is 0 Å². The second-order valence-corrected chi connectivity index (χ2v) is 6.14. The molecule has 3 aromatic rings. The van der Waals surface area contributed by atoms with E-state index in [-0.39, 0.29) is 5.91 Å². The Morgan fingerprint density at radius 1 is 1.24 bits per heavy atom. The molecule has 0 aliphatic rings. The average molecular weight is 300 g/mol. The van der Waals surface area contributed by atoms with Gasteiger partial charge in [0.25, 0.3) is 5.91 Å². The molecule has 108 valence electrons. The second kappa shape index (κ2) is 4.96. The number of aromatic nitrogens is 3. The summed E-state index contributed by atoms with van der Waals surface area (Å²) in [5.41, 5.74) is 3.59. The van der Waals surface area contributed by atoms with E-state index in [1.807, 2.05) is 25.6 Å². The number of nitrogens with zero attached hydrogens (tertiary/aromatic N) is 4. The van der Waals surface area contributed by atoms with Crippen LogP contribution in [0, 0.1) is 13.8 Å². The number of aryl methyl sites for hydroxylation is 4. The lowest BCUT2D eigenvalue weighted by atomic mass is 10.2. The minimum atomic E-state index is -0.308. The van der Waals surface area contributed by atoms with Gasteiger partial charge in [-0.05, 0) is 37.6 Å². The Labute approximate surface area is 126 Å². The Morgan fingerprint density at radius 2 is 2.00 bits per heavy atom. The van der Waals surface area contributed by atoms with E-state index in [1.54, 1.807) is 10.7 Å². The van der Waals surface area contributed by atoms with E-state index < -0.39 is 0 Å². The summed E-state index contributed by atoms with van der Waals surface area (Å²) in [6, 6.07) is 7.97. The first kappa shape index (κ1) is 13.8. The van der Waals surface area contributed by atoms with Gasteiger partial charge in [-0.1, -0.05) is 17.4 Å². The molecule has 6 heteroatoms. The van der Waals surface area contributed by atoms with Gasteiger partial charge in [-0.3, -0.25) is 9.48 Å². The van der Waals surface area contributed by atoms with Crippen LogP contribution < -0.4 is 4.80 Å². The molecule has 0 aliphatic carbocycles. The van der Waals surface area contributed by atoms with Crippen LogP contribution in [-0.4, -0.2) is 20.3 Å². The summed E-state index contributed by atoms with van der Waals surface area (Å²) in [4.78, 5) is 17.1. The van der Waals surface area contributed by atoms with Gasteiger partial charge >= 0.3 is 0 Å². The topological polar surface area (TPSA) is 52.2 Å². The largest absolute Gasteiger partial charge is 0.319 e. The van der Waals surface area contributed by atoms with Gasteiger partial charge in [0.1, 0.15) is 0 Å². The zero-order valence-electron chi connectivity index (χ0n) is 12.4. The summed E-state index contributed by atoms with van der Waals surface area (Å²) >= 11 is 1.51. The average Bonchev–Trinajstić information content (AvgIpc) is 2.91. The molecule has 2 aromatic heterocycles. The van der Waals surface area contributed by atoms with Crippen LogP contribution in [0.15, 0.2) is 29.3 Å². The molecule has 2 heterocycles. The fourth-order valence-electron chi connectivity index (χ4n) is 2.16. The number of thiazole rings is 1. The van der Waals surface area contributed by atoms with Crippen molar-refractivity contribution in [1.82, 2.24) is 14.3 Å². The van der Waals surface area contributed by atoms with Crippen LogP contribution in [0.4, 0.5) is 0 Å². The molecular weight excluding hydrogens is 284 g/mol. The molecule has 21 heavy (non-hydrogen) atoms. The van der Waals surface area contributed by atoms with Gasteiger partial charge in [0.2, 0.25) is 0 Å². The van der Waals surface area contributed by atoms with Crippen LogP contribution in [0.1, 0.15) is 21.7 Å². The molecule has 0 spiro atoms. The third-order valence-corrected chi connectivity index (χ3v) is 4.59. The Balaban J connectivity index is 2.11. The summed E-state index contributed by atoms with van der Waals surface area (Å²) in [5, 5.41) is 4.17. The van der Waals surface area contributed by atoms with Crippen LogP contribution in [0.3, 0.4) is 0 Å². The third-order valence-electron chi connectivity index (χ3n) is 3.49. The smallest absolute Gasteiger partial charge is 0.300 e.